The van der Waals surface area contributed by atoms with Crippen LogP contribution in [0.3, 0.4) is 0 Å². The van der Waals surface area contributed by atoms with Crippen molar-refractivity contribution in [2.24, 2.45) is 0 Å². The number of benzene rings is 2. The van der Waals surface area contributed by atoms with Crippen molar-refractivity contribution in [2.45, 2.75) is 0 Å². The maximum Gasteiger partial charge on any atom is 0.267 e. The fourth-order valence-electron chi connectivity index (χ4n) is 2.02. The van der Waals surface area contributed by atoms with E-state index < -0.39 is 17.5 Å². The van der Waals surface area contributed by atoms with Crippen LogP contribution in [-0.2, 0) is 0 Å². The summed E-state index contributed by atoms with van der Waals surface area (Å²) >= 11 is 1.04. The average molecular weight is 341 g/mol. The van der Waals surface area contributed by atoms with Crippen LogP contribution in [0.4, 0.5) is 14.5 Å². The maximum atomic E-state index is 13.8. The first kappa shape index (κ1) is 15.8. The van der Waals surface area contributed by atoms with Gasteiger partial charge in [-0.1, -0.05) is 12.1 Å². The summed E-state index contributed by atoms with van der Waals surface area (Å²) in [6, 6.07) is 11.6. The number of carbonyl (C=O) groups excluding carboxylic acids is 1. The van der Waals surface area contributed by atoms with E-state index in [2.05, 4.69) is 10.3 Å². The third kappa shape index (κ3) is 3.14. The molecule has 3 rings (SSSR count). The number of aromatic nitrogens is 1. The zero-order valence-electron chi connectivity index (χ0n) is 12.1. The topological polar surface area (TPSA) is 65.8 Å². The molecule has 0 saturated heterocycles. The predicted molar refractivity (Wildman–Crippen MR) is 86.6 cm³/mol. The Morgan fingerprint density at radius 3 is 2.71 bits per heavy atom. The number of nitrogens with one attached hydrogen (secondary N) is 1. The Balaban J connectivity index is 1.82. The quantitative estimate of drug-likeness (QED) is 0.776. The lowest BCUT2D eigenvalue weighted by molar-refractivity contribution is 0.103. The second-order valence-corrected chi connectivity index (χ2v) is 5.80. The molecule has 0 radical (unpaired) electrons. The van der Waals surface area contributed by atoms with E-state index in [1.807, 2.05) is 0 Å². The van der Waals surface area contributed by atoms with E-state index in [1.165, 1.54) is 24.4 Å². The molecule has 1 heterocycles. The minimum absolute atomic E-state index is 0.163. The second kappa shape index (κ2) is 6.56. The Hall–Kier alpha value is -3.11. The molecule has 1 aromatic heterocycles. The van der Waals surface area contributed by atoms with Gasteiger partial charge in [-0.05, 0) is 30.3 Å². The lowest BCUT2D eigenvalue weighted by Crippen LogP contribution is -2.10. The molecule has 0 spiro atoms. The summed E-state index contributed by atoms with van der Waals surface area (Å²) in [5, 5.41) is 11.7. The number of carbonyl (C=O) groups is 1. The molecule has 1 N–H and O–H groups in total. The zero-order chi connectivity index (χ0) is 17.1. The summed E-state index contributed by atoms with van der Waals surface area (Å²) in [5.41, 5.74) is 0.443. The number of nitriles is 1. The van der Waals surface area contributed by atoms with Crippen molar-refractivity contribution in [2.75, 3.05) is 5.32 Å². The first-order valence-corrected chi connectivity index (χ1v) is 7.62. The molecule has 1 amide bonds. The summed E-state index contributed by atoms with van der Waals surface area (Å²) in [6.45, 7) is 0. The largest absolute Gasteiger partial charge is 0.321 e. The van der Waals surface area contributed by atoms with Crippen molar-refractivity contribution in [3.05, 3.63) is 70.7 Å². The van der Waals surface area contributed by atoms with Gasteiger partial charge in [-0.15, -0.1) is 11.3 Å². The van der Waals surface area contributed by atoms with E-state index in [4.69, 9.17) is 5.26 Å². The Labute approximate surface area is 140 Å². The molecule has 0 unspecified atom stereocenters. The molecule has 118 valence electrons. The van der Waals surface area contributed by atoms with Gasteiger partial charge in [0.2, 0.25) is 0 Å². The van der Waals surface area contributed by atoms with Crippen LogP contribution in [0.5, 0.6) is 0 Å². The highest BCUT2D eigenvalue weighted by molar-refractivity contribution is 7.17. The van der Waals surface area contributed by atoms with Crippen molar-refractivity contribution in [3.8, 4) is 16.6 Å². The Bertz CT molecular complexity index is 962. The Morgan fingerprint density at radius 2 is 1.96 bits per heavy atom. The molecule has 7 heteroatoms. The standard InChI is InChI=1S/C17H9F2N3OS/c18-13-6-5-11(7-10(13)8-20)22-16(23)15-9-21-17(24-15)12-3-1-2-4-14(12)19/h1-7,9H,(H,22,23). The third-order valence-electron chi connectivity index (χ3n) is 3.18. The number of halogens is 2. The van der Waals surface area contributed by atoms with E-state index >= 15 is 0 Å². The molecule has 2 aromatic carbocycles. The lowest BCUT2D eigenvalue weighted by atomic mass is 10.2. The van der Waals surface area contributed by atoms with Gasteiger partial charge in [-0.25, -0.2) is 13.8 Å². The van der Waals surface area contributed by atoms with Gasteiger partial charge in [0, 0.05) is 11.3 Å². The van der Waals surface area contributed by atoms with Gasteiger partial charge in [0.25, 0.3) is 5.91 Å². The normalized spacial score (nSPS) is 10.2. The van der Waals surface area contributed by atoms with Gasteiger partial charge in [-0.2, -0.15) is 5.26 Å². The van der Waals surface area contributed by atoms with Crippen molar-refractivity contribution >= 4 is 22.9 Å². The summed E-state index contributed by atoms with van der Waals surface area (Å²) < 4.78 is 27.0. The molecule has 0 saturated carbocycles. The van der Waals surface area contributed by atoms with Crippen molar-refractivity contribution in [1.82, 2.24) is 4.98 Å². The highest BCUT2D eigenvalue weighted by Gasteiger charge is 2.14. The summed E-state index contributed by atoms with van der Waals surface area (Å²) in [7, 11) is 0. The molecule has 0 atom stereocenters. The van der Waals surface area contributed by atoms with Gasteiger partial charge in [0.1, 0.15) is 27.6 Å². The molecule has 4 nitrogen and oxygen atoms in total. The molecule has 24 heavy (non-hydrogen) atoms. The number of hydrogen-bond donors (Lipinski definition) is 1. The van der Waals surface area contributed by atoms with Gasteiger partial charge in [0.05, 0.1) is 11.8 Å². The fraction of sp³-hybridized carbons (Fsp3) is 0. The molecule has 0 aliphatic heterocycles. The second-order valence-electron chi connectivity index (χ2n) is 4.77. The molecule has 0 aliphatic carbocycles. The molecule has 0 bridgehead atoms. The molecule has 3 aromatic rings. The molecular formula is C17H9F2N3OS. The van der Waals surface area contributed by atoms with Crippen LogP contribution in [0, 0.1) is 23.0 Å². The molecular weight excluding hydrogens is 332 g/mol. The van der Waals surface area contributed by atoms with Crippen LogP contribution in [0.15, 0.2) is 48.7 Å². The SMILES string of the molecule is N#Cc1cc(NC(=O)c2cnc(-c3ccccc3F)s2)ccc1F. The first-order valence-electron chi connectivity index (χ1n) is 6.80. The van der Waals surface area contributed by atoms with Gasteiger partial charge in [0.15, 0.2) is 0 Å². The molecule has 0 aliphatic rings. The van der Waals surface area contributed by atoms with E-state index in [0.717, 1.165) is 17.4 Å². The zero-order valence-corrected chi connectivity index (χ0v) is 12.9. The van der Waals surface area contributed by atoms with Crippen LogP contribution in [0.25, 0.3) is 10.6 Å². The lowest BCUT2D eigenvalue weighted by Gasteiger charge is -2.04. The van der Waals surface area contributed by atoms with Crippen LogP contribution in [0.1, 0.15) is 15.2 Å². The Kier molecular flexibility index (Phi) is 4.31. The minimum atomic E-state index is -0.657. The van der Waals surface area contributed by atoms with Crippen LogP contribution >= 0.6 is 11.3 Å². The van der Waals surface area contributed by atoms with Crippen molar-refractivity contribution < 1.29 is 13.6 Å². The van der Waals surface area contributed by atoms with E-state index in [1.54, 1.807) is 24.3 Å². The number of nitrogens with zero attached hydrogens (tertiary/aromatic N) is 2. The van der Waals surface area contributed by atoms with Crippen molar-refractivity contribution in [3.63, 3.8) is 0 Å². The fourth-order valence-corrected chi connectivity index (χ4v) is 2.86. The summed E-state index contributed by atoms with van der Waals surface area (Å²) in [6.07, 6.45) is 1.34. The highest BCUT2D eigenvalue weighted by atomic mass is 32.1. The predicted octanol–water partition coefficient (Wildman–Crippen LogP) is 4.21. The van der Waals surface area contributed by atoms with E-state index in [9.17, 15) is 13.6 Å². The first-order chi connectivity index (χ1) is 11.6. The van der Waals surface area contributed by atoms with Crippen molar-refractivity contribution in [1.29, 1.82) is 5.26 Å². The van der Waals surface area contributed by atoms with Gasteiger partial charge >= 0.3 is 0 Å². The smallest absolute Gasteiger partial charge is 0.267 e. The van der Waals surface area contributed by atoms with Crippen LogP contribution in [0.2, 0.25) is 0 Å². The Morgan fingerprint density at radius 1 is 1.17 bits per heavy atom. The highest BCUT2D eigenvalue weighted by Crippen LogP contribution is 2.27. The molecule has 0 fully saturated rings. The van der Waals surface area contributed by atoms with Crippen LogP contribution < -0.4 is 5.32 Å². The number of amides is 1. The summed E-state index contributed by atoms with van der Waals surface area (Å²) in [5.74, 6) is -1.54. The number of anilines is 1. The average Bonchev–Trinajstić information content (AvgIpc) is 3.07. The number of thiazole rings is 1. The summed E-state index contributed by atoms with van der Waals surface area (Å²) in [4.78, 5) is 16.6. The number of rotatable bonds is 3. The monoisotopic (exact) mass is 341 g/mol. The van der Waals surface area contributed by atoms with E-state index in [0.29, 0.717) is 16.3 Å². The van der Waals surface area contributed by atoms with Gasteiger partial charge in [-0.3, -0.25) is 4.79 Å². The number of hydrogen-bond acceptors (Lipinski definition) is 4. The van der Waals surface area contributed by atoms with Crippen LogP contribution in [-0.4, -0.2) is 10.9 Å². The third-order valence-corrected chi connectivity index (χ3v) is 4.21. The minimum Gasteiger partial charge on any atom is -0.321 e. The van der Waals surface area contributed by atoms with Gasteiger partial charge < -0.3 is 5.32 Å². The van der Waals surface area contributed by atoms with E-state index in [-0.39, 0.29) is 10.4 Å². The maximum absolute atomic E-state index is 13.8.